The highest BCUT2D eigenvalue weighted by molar-refractivity contribution is 5.79. The molecule has 4 rings (SSSR count). The largest absolute Gasteiger partial charge is 0.497 e. The minimum absolute atomic E-state index is 0.292. The van der Waals surface area contributed by atoms with Crippen LogP contribution in [0.3, 0.4) is 0 Å². The van der Waals surface area contributed by atoms with E-state index in [1.807, 2.05) is 66.7 Å². The third-order valence-electron chi connectivity index (χ3n) is 4.16. The van der Waals surface area contributed by atoms with Gasteiger partial charge in [-0.3, -0.25) is 0 Å². The van der Waals surface area contributed by atoms with Gasteiger partial charge in [-0.05, 0) is 42.0 Å². The molecule has 0 saturated carbocycles. The molecule has 0 unspecified atom stereocenters. The van der Waals surface area contributed by atoms with Crippen LogP contribution in [0.4, 0.5) is 23.5 Å². The van der Waals surface area contributed by atoms with Crippen LogP contribution in [0.25, 0.3) is 0 Å². The molecule has 0 atom stereocenters. The summed E-state index contributed by atoms with van der Waals surface area (Å²) in [4.78, 5) is 13.2. The average molecular weight is 415 g/mol. The van der Waals surface area contributed by atoms with E-state index in [2.05, 4.69) is 36.1 Å². The number of aromatic nitrogens is 3. The van der Waals surface area contributed by atoms with Gasteiger partial charge in [0.1, 0.15) is 11.5 Å². The van der Waals surface area contributed by atoms with Crippen molar-refractivity contribution in [2.45, 2.75) is 6.54 Å². The van der Waals surface area contributed by atoms with Gasteiger partial charge in [0.15, 0.2) is 0 Å². The van der Waals surface area contributed by atoms with Crippen LogP contribution < -0.4 is 20.8 Å². The fourth-order valence-electron chi connectivity index (χ4n) is 2.65. The van der Waals surface area contributed by atoms with E-state index in [-0.39, 0.29) is 0 Å². The van der Waals surface area contributed by atoms with Crippen molar-refractivity contribution in [2.24, 2.45) is 5.10 Å². The number of benzene rings is 2. The summed E-state index contributed by atoms with van der Waals surface area (Å²) in [6.45, 7) is 0.436. The molecule has 2 aromatic heterocycles. The summed E-state index contributed by atoms with van der Waals surface area (Å²) in [6, 6.07) is 20.9. The molecular weight excluding hydrogens is 394 g/mol. The molecule has 0 radical (unpaired) electrons. The van der Waals surface area contributed by atoms with Crippen molar-refractivity contribution < 1.29 is 9.15 Å². The van der Waals surface area contributed by atoms with Crippen molar-refractivity contribution >= 4 is 29.7 Å². The van der Waals surface area contributed by atoms with Gasteiger partial charge in [-0.2, -0.15) is 20.1 Å². The highest BCUT2D eigenvalue weighted by atomic mass is 16.5. The molecule has 3 N–H and O–H groups in total. The van der Waals surface area contributed by atoms with Gasteiger partial charge in [-0.1, -0.05) is 30.3 Å². The Kier molecular flexibility index (Phi) is 6.34. The van der Waals surface area contributed by atoms with E-state index in [1.54, 1.807) is 19.6 Å². The first-order chi connectivity index (χ1) is 15.3. The number of hydrogen-bond acceptors (Lipinski definition) is 9. The number of hydrogen-bond donors (Lipinski definition) is 3. The van der Waals surface area contributed by atoms with Crippen LogP contribution in [0.1, 0.15) is 11.3 Å². The second kappa shape index (κ2) is 9.88. The van der Waals surface area contributed by atoms with Crippen molar-refractivity contribution in [1.82, 2.24) is 15.0 Å². The molecule has 2 heterocycles. The van der Waals surface area contributed by atoms with Gasteiger partial charge in [0.05, 0.1) is 26.1 Å². The monoisotopic (exact) mass is 415 g/mol. The van der Waals surface area contributed by atoms with Crippen molar-refractivity contribution in [2.75, 3.05) is 23.2 Å². The summed E-state index contributed by atoms with van der Waals surface area (Å²) in [6.07, 6.45) is 3.31. The van der Waals surface area contributed by atoms with E-state index in [4.69, 9.17) is 9.15 Å². The summed E-state index contributed by atoms with van der Waals surface area (Å²) < 4.78 is 10.5. The van der Waals surface area contributed by atoms with Crippen molar-refractivity contribution in [3.8, 4) is 5.75 Å². The average Bonchev–Trinajstić information content (AvgIpc) is 3.33. The third kappa shape index (κ3) is 5.80. The van der Waals surface area contributed by atoms with E-state index in [1.165, 1.54) is 0 Å². The molecule has 0 aliphatic heterocycles. The Morgan fingerprint density at radius 2 is 1.68 bits per heavy atom. The van der Waals surface area contributed by atoms with Gasteiger partial charge >= 0.3 is 0 Å². The van der Waals surface area contributed by atoms with Gasteiger partial charge in [-0.25, -0.2) is 5.43 Å². The zero-order valence-corrected chi connectivity index (χ0v) is 16.8. The van der Waals surface area contributed by atoms with Crippen LogP contribution >= 0.6 is 0 Å². The van der Waals surface area contributed by atoms with Gasteiger partial charge in [0, 0.05) is 5.69 Å². The molecule has 0 aliphatic carbocycles. The van der Waals surface area contributed by atoms with Gasteiger partial charge in [0.25, 0.3) is 0 Å². The predicted octanol–water partition coefficient (Wildman–Crippen LogP) is 4.27. The minimum atomic E-state index is 0.292. The lowest BCUT2D eigenvalue weighted by Gasteiger charge is -2.10. The molecule has 9 heteroatoms. The molecule has 0 amide bonds. The second-order valence-electron chi connectivity index (χ2n) is 6.37. The molecule has 0 fully saturated rings. The minimum Gasteiger partial charge on any atom is -0.497 e. The van der Waals surface area contributed by atoms with Crippen molar-refractivity contribution in [3.63, 3.8) is 0 Å². The molecule has 2 aromatic carbocycles. The smallest absolute Gasteiger partial charge is 0.250 e. The first-order valence-corrected chi connectivity index (χ1v) is 9.56. The van der Waals surface area contributed by atoms with Gasteiger partial charge in [0.2, 0.25) is 17.8 Å². The topological polar surface area (TPSA) is 109 Å². The normalized spacial score (nSPS) is 10.7. The molecule has 156 valence electrons. The summed E-state index contributed by atoms with van der Waals surface area (Å²) >= 11 is 0. The number of anilines is 4. The van der Waals surface area contributed by atoms with Crippen LogP contribution in [-0.2, 0) is 6.54 Å². The second-order valence-corrected chi connectivity index (χ2v) is 6.37. The Morgan fingerprint density at radius 3 is 2.42 bits per heavy atom. The van der Waals surface area contributed by atoms with Crippen LogP contribution in [-0.4, -0.2) is 28.3 Å². The van der Waals surface area contributed by atoms with Crippen LogP contribution in [0.5, 0.6) is 5.75 Å². The van der Waals surface area contributed by atoms with Crippen molar-refractivity contribution in [3.05, 3.63) is 84.3 Å². The van der Waals surface area contributed by atoms with Gasteiger partial charge < -0.3 is 19.8 Å². The molecule has 4 aromatic rings. The first kappa shape index (κ1) is 19.9. The number of furan rings is 1. The fraction of sp³-hybridized carbons (Fsp3) is 0.0909. The Bertz CT molecular complexity index is 1110. The van der Waals surface area contributed by atoms with Crippen LogP contribution in [0.15, 0.2) is 82.5 Å². The van der Waals surface area contributed by atoms with E-state index < -0.39 is 0 Å². The number of methoxy groups -OCH3 is 1. The zero-order valence-electron chi connectivity index (χ0n) is 16.8. The van der Waals surface area contributed by atoms with Crippen LogP contribution in [0.2, 0.25) is 0 Å². The summed E-state index contributed by atoms with van der Waals surface area (Å²) in [5.41, 5.74) is 4.62. The fourth-order valence-corrected chi connectivity index (χ4v) is 2.65. The van der Waals surface area contributed by atoms with Gasteiger partial charge in [-0.15, -0.1) is 0 Å². The molecule has 0 spiro atoms. The molecule has 31 heavy (non-hydrogen) atoms. The number of nitrogens with zero attached hydrogens (tertiary/aromatic N) is 4. The van der Waals surface area contributed by atoms with E-state index in [0.717, 1.165) is 22.8 Å². The number of nitrogens with one attached hydrogen (secondary N) is 3. The van der Waals surface area contributed by atoms with Crippen LogP contribution in [0, 0.1) is 0 Å². The SMILES string of the molecule is COc1ccc(Nc2nc(NCc3ccco3)nc(NN=Cc3ccccc3)n2)cc1. The highest BCUT2D eigenvalue weighted by Gasteiger charge is 2.08. The maximum absolute atomic E-state index is 5.35. The number of hydrazone groups is 1. The Morgan fingerprint density at radius 1 is 0.903 bits per heavy atom. The molecule has 0 bridgehead atoms. The zero-order chi connectivity index (χ0) is 21.3. The number of rotatable bonds is 9. The molecular formula is C22H21N7O2. The molecule has 0 aliphatic rings. The summed E-state index contributed by atoms with van der Waals surface area (Å²) in [7, 11) is 1.62. The Labute approximate surface area is 179 Å². The maximum atomic E-state index is 5.35. The lowest BCUT2D eigenvalue weighted by Crippen LogP contribution is -2.09. The first-order valence-electron chi connectivity index (χ1n) is 9.56. The maximum Gasteiger partial charge on any atom is 0.250 e. The summed E-state index contributed by atoms with van der Waals surface area (Å²) in [5, 5.41) is 10.5. The highest BCUT2D eigenvalue weighted by Crippen LogP contribution is 2.19. The Balaban J connectivity index is 1.52. The lowest BCUT2D eigenvalue weighted by atomic mass is 10.2. The van der Waals surface area contributed by atoms with Crippen molar-refractivity contribution in [1.29, 1.82) is 0 Å². The quantitative estimate of drug-likeness (QED) is 0.275. The predicted molar refractivity (Wildman–Crippen MR) is 120 cm³/mol. The van der Waals surface area contributed by atoms with E-state index in [0.29, 0.717) is 24.4 Å². The standard InChI is InChI=1S/C22H21N7O2/c1-30-18-11-9-17(10-12-18)25-21-26-20(23-15-19-8-5-13-31-19)27-22(28-21)29-24-14-16-6-3-2-4-7-16/h2-14H,15H2,1H3,(H3,23,25,26,27,28,29). The Hall–Kier alpha value is -4.40. The lowest BCUT2D eigenvalue weighted by molar-refractivity contribution is 0.415. The number of ether oxygens (including phenoxy) is 1. The van der Waals surface area contributed by atoms with E-state index in [9.17, 15) is 0 Å². The molecule has 0 saturated heterocycles. The molecule has 9 nitrogen and oxygen atoms in total. The summed E-state index contributed by atoms with van der Waals surface area (Å²) in [5.74, 6) is 2.56. The van der Waals surface area contributed by atoms with E-state index >= 15 is 0 Å². The third-order valence-corrected chi connectivity index (χ3v) is 4.16.